The van der Waals surface area contributed by atoms with Crippen molar-refractivity contribution in [2.45, 2.75) is 52.5 Å². The van der Waals surface area contributed by atoms with Crippen molar-refractivity contribution in [3.63, 3.8) is 0 Å². The number of fused-ring (bicyclic) bond motifs is 2. The topological polar surface area (TPSA) is 83.8 Å². The maximum Gasteiger partial charge on any atom is 0.230 e. The van der Waals surface area contributed by atoms with Gasteiger partial charge in [0.2, 0.25) is 5.91 Å². The maximum absolute atomic E-state index is 12.5. The second kappa shape index (κ2) is 6.20. The molecule has 124 valence electrons. The van der Waals surface area contributed by atoms with Gasteiger partial charge in [-0.05, 0) is 42.9 Å². The molecule has 0 saturated heterocycles. The lowest BCUT2D eigenvalue weighted by molar-refractivity contribution is -0.121. The zero-order valence-corrected chi connectivity index (χ0v) is 14.4. The molecule has 1 aromatic heterocycles. The molecule has 0 radical (unpaired) electrons. The zero-order valence-electron chi connectivity index (χ0n) is 13.6. The molecule has 2 aliphatic carbocycles. The lowest BCUT2D eigenvalue weighted by Gasteiger charge is -2.26. The van der Waals surface area contributed by atoms with E-state index in [0.717, 1.165) is 25.0 Å². The van der Waals surface area contributed by atoms with Crippen molar-refractivity contribution in [3.05, 3.63) is 11.8 Å². The fraction of sp³-hybridized carbons (Fsp3) is 0.750. The van der Waals surface area contributed by atoms with E-state index in [2.05, 4.69) is 36.3 Å². The van der Waals surface area contributed by atoms with Crippen LogP contribution in [-0.4, -0.2) is 22.1 Å². The van der Waals surface area contributed by atoms with E-state index >= 15 is 0 Å². The Kier molecular flexibility index (Phi) is 4.87. The summed E-state index contributed by atoms with van der Waals surface area (Å²) in [5.74, 6) is 1.64. The first-order valence-corrected chi connectivity index (χ1v) is 7.94. The van der Waals surface area contributed by atoms with E-state index in [4.69, 9.17) is 5.73 Å². The predicted molar refractivity (Wildman–Crippen MR) is 89.9 cm³/mol. The summed E-state index contributed by atoms with van der Waals surface area (Å²) in [6, 6.07) is 1.96. The quantitative estimate of drug-likeness (QED) is 0.798. The van der Waals surface area contributed by atoms with Crippen LogP contribution in [0.5, 0.6) is 0 Å². The summed E-state index contributed by atoms with van der Waals surface area (Å²) in [4.78, 5) is 12.5. The smallest absolute Gasteiger partial charge is 0.230 e. The first-order chi connectivity index (χ1) is 9.83. The number of amides is 1. The number of nitrogens with one attached hydrogen (secondary N) is 2. The molecule has 2 bridgehead atoms. The van der Waals surface area contributed by atoms with E-state index in [-0.39, 0.29) is 35.7 Å². The molecule has 3 rings (SSSR count). The first-order valence-electron chi connectivity index (χ1n) is 7.94. The van der Waals surface area contributed by atoms with Gasteiger partial charge in [0.25, 0.3) is 0 Å². The second-order valence-corrected chi connectivity index (χ2v) is 7.94. The van der Waals surface area contributed by atoms with Crippen LogP contribution < -0.4 is 11.1 Å². The fourth-order valence-corrected chi connectivity index (χ4v) is 4.02. The molecule has 0 aromatic carbocycles. The SMILES string of the molecule is CC(C)(C)Cc1cc(NC(=O)C2C3CCC(C3)C2N)n[nH]1.Cl. The highest BCUT2D eigenvalue weighted by Gasteiger charge is 2.49. The number of H-pyrrole nitrogens is 1. The highest BCUT2D eigenvalue weighted by Crippen LogP contribution is 2.47. The number of nitrogens with zero attached hydrogens (tertiary/aromatic N) is 1. The molecule has 4 N–H and O–H groups in total. The Morgan fingerprint density at radius 1 is 1.41 bits per heavy atom. The van der Waals surface area contributed by atoms with Crippen LogP contribution in [0.15, 0.2) is 6.07 Å². The van der Waals surface area contributed by atoms with Crippen molar-refractivity contribution in [1.82, 2.24) is 10.2 Å². The highest BCUT2D eigenvalue weighted by atomic mass is 35.5. The summed E-state index contributed by atoms with van der Waals surface area (Å²) in [6.07, 6.45) is 4.36. The third-order valence-electron chi connectivity index (χ3n) is 4.89. The average Bonchev–Trinajstić information content (AvgIpc) is 3.03. The third-order valence-corrected chi connectivity index (χ3v) is 4.89. The molecule has 4 unspecified atom stereocenters. The van der Waals surface area contributed by atoms with E-state index in [1.165, 1.54) is 6.42 Å². The first kappa shape index (κ1) is 17.3. The molecule has 5 nitrogen and oxygen atoms in total. The number of halogens is 1. The van der Waals surface area contributed by atoms with Gasteiger partial charge in [0.15, 0.2) is 5.82 Å². The van der Waals surface area contributed by atoms with Crippen LogP contribution in [0.4, 0.5) is 5.82 Å². The molecular formula is C16H27ClN4O. The Hall–Kier alpha value is -1.07. The summed E-state index contributed by atoms with van der Waals surface area (Å²) in [5.41, 5.74) is 7.46. The largest absolute Gasteiger partial charge is 0.327 e. The highest BCUT2D eigenvalue weighted by molar-refractivity contribution is 5.92. The van der Waals surface area contributed by atoms with Crippen molar-refractivity contribution in [2.24, 2.45) is 28.9 Å². The molecule has 1 heterocycles. The molecule has 1 aromatic rings. The number of carbonyl (C=O) groups is 1. The number of anilines is 1. The molecule has 2 aliphatic rings. The van der Waals surface area contributed by atoms with Crippen molar-refractivity contribution in [1.29, 1.82) is 0 Å². The summed E-state index contributed by atoms with van der Waals surface area (Å²) in [6.45, 7) is 6.54. The summed E-state index contributed by atoms with van der Waals surface area (Å²) >= 11 is 0. The second-order valence-electron chi connectivity index (χ2n) is 7.94. The normalized spacial score (nSPS) is 30.2. The number of aromatic amines is 1. The number of aromatic nitrogens is 2. The molecular weight excluding hydrogens is 300 g/mol. The Balaban J connectivity index is 0.00000176. The summed E-state index contributed by atoms with van der Waals surface area (Å²) in [7, 11) is 0. The van der Waals surface area contributed by atoms with E-state index in [1.54, 1.807) is 0 Å². The standard InChI is InChI=1S/C16H26N4O.ClH/c1-16(2,3)8-11-7-12(20-19-11)18-15(21)13-9-4-5-10(6-9)14(13)17;/h7,9-10,13-14H,4-6,8,17H2,1-3H3,(H2,18,19,20,21);1H. The Morgan fingerprint density at radius 2 is 2.09 bits per heavy atom. The molecule has 1 amide bonds. The summed E-state index contributed by atoms with van der Waals surface area (Å²) in [5, 5.41) is 10.2. The maximum atomic E-state index is 12.5. The molecule has 2 saturated carbocycles. The Morgan fingerprint density at radius 3 is 2.68 bits per heavy atom. The van der Waals surface area contributed by atoms with Crippen LogP contribution in [0.3, 0.4) is 0 Å². The van der Waals surface area contributed by atoms with Crippen molar-refractivity contribution < 1.29 is 4.79 Å². The lowest BCUT2D eigenvalue weighted by Crippen LogP contribution is -2.42. The molecule has 4 atom stereocenters. The Bertz CT molecular complexity index is 534. The molecule has 22 heavy (non-hydrogen) atoms. The molecule has 2 fully saturated rings. The van der Waals surface area contributed by atoms with Gasteiger partial charge in [-0.1, -0.05) is 20.8 Å². The van der Waals surface area contributed by atoms with Crippen molar-refractivity contribution in [3.8, 4) is 0 Å². The van der Waals surface area contributed by atoms with Crippen LogP contribution in [-0.2, 0) is 11.2 Å². The van der Waals surface area contributed by atoms with Gasteiger partial charge < -0.3 is 11.1 Å². The number of nitrogens with two attached hydrogens (primary N) is 1. The minimum Gasteiger partial charge on any atom is -0.327 e. The van der Waals surface area contributed by atoms with Gasteiger partial charge in [-0.25, -0.2) is 0 Å². The van der Waals surface area contributed by atoms with E-state index in [1.807, 2.05) is 6.07 Å². The van der Waals surface area contributed by atoms with Crippen molar-refractivity contribution in [2.75, 3.05) is 5.32 Å². The lowest BCUT2D eigenvalue weighted by atomic mass is 9.84. The van der Waals surface area contributed by atoms with Crippen LogP contribution in [0.1, 0.15) is 45.7 Å². The minimum absolute atomic E-state index is 0. The van der Waals surface area contributed by atoms with Gasteiger partial charge in [-0.15, -0.1) is 12.4 Å². The number of carbonyl (C=O) groups excluding carboxylic acids is 1. The molecule has 6 heteroatoms. The Labute approximate surface area is 138 Å². The molecule has 0 spiro atoms. The van der Waals surface area contributed by atoms with Gasteiger partial charge in [0, 0.05) is 17.8 Å². The predicted octanol–water partition coefficient (Wildman–Crippen LogP) is 2.73. The minimum atomic E-state index is -0.0356. The van der Waals surface area contributed by atoms with E-state index in [0.29, 0.717) is 17.7 Å². The fourth-order valence-electron chi connectivity index (χ4n) is 4.02. The zero-order chi connectivity index (χ0) is 15.2. The van der Waals surface area contributed by atoms with E-state index in [9.17, 15) is 4.79 Å². The average molecular weight is 327 g/mol. The van der Waals surface area contributed by atoms with Gasteiger partial charge in [0.05, 0.1) is 5.92 Å². The van der Waals surface area contributed by atoms with Crippen LogP contribution in [0.25, 0.3) is 0 Å². The summed E-state index contributed by atoms with van der Waals surface area (Å²) < 4.78 is 0. The monoisotopic (exact) mass is 326 g/mol. The number of hydrogen-bond donors (Lipinski definition) is 3. The van der Waals surface area contributed by atoms with Crippen LogP contribution in [0, 0.1) is 23.2 Å². The van der Waals surface area contributed by atoms with E-state index < -0.39 is 0 Å². The number of hydrogen-bond acceptors (Lipinski definition) is 3. The van der Waals surface area contributed by atoms with Gasteiger partial charge in [0.1, 0.15) is 0 Å². The van der Waals surface area contributed by atoms with Gasteiger partial charge in [-0.2, -0.15) is 5.10 Å². The van der Waals surface area contributed by atoms with Crippen molar-refractivity contribution >= 4 is 24.1 Å². The molecule has 0 aliphatic heterocycles. The third kappa shape index (κ3) is 3.46. The van der Waals surface area contributed by atoms with Crippen LogP contribution >= 0.6 is 12.4 Å². The van der Waals surface area contributed by atoms with Crippen LogP contribution in [0.2, 0.25) is 0 Å². The van der Waals surface area contributed by atoms with Gasteiger partial charge in [-0.3, -0.25) is 9.89 Å². The van der Waals surface area contributed by atoms with Gasteiger partial charge >= 0.3 is 0 Å². The number of rotatable bonds is 3.